The third kappa shape index (κ3) is 11.8. The van der Waals surface area contributed by atoms with Crippen LogP contribution in [0.2, 0.25) is 0 Å². The molecule has 0 aliphatic carbocycles. The lowest BCUT2D eigenvalue weighted by atomic mass is 10.0. The van der Waals surface area contributed by atoms with Crippen LogP contribution in [0.1, 0.15) is 107 Å². The first-order valence-corrected chi connectivity index (χ1v) is 10.8. The third-order valence-electron chi connectivity index (χ3n) is 4.88. The number of unbranched alkanes of at least 4 members (excludes halogenated alkanes) is 13. The summed E-state index contributed by atoms with van der Waals surface area (Å²) in [7, 11) is 0. The Hall–Kier alpha value is -1.45. The van der Waals surface area contributed by atoms with Gasteiger partial charge in [-0.3, -0.25) is 0 Å². The van der Waals surface area contributed by atoms with Crippen molar-refractivity contribution in [2.24, 2.45) is 0 Å². The van der Waals surface area contributed by atoms with Crippen LogP contribution < -0.4 is 0 Å². The van der Waals surface area contributed by atoms with Gasteiger partial charge < -0.3 is 4.74 Å². The van der Waals surface area contributed by atoms with Gasteiger partial charge in [0.15, 0.2) is 0 Å². The summed E-state index contributed by atoms with van der Waals surface area (Å²) in [4.78, 5) is 11.7. The van der Waals surface area contributed by atoms with Crippen LogP contribution in [0.5, 0.6) is 0 Å². The van der Waals surface area contributed by atoms with E-state index in [1.807, 2.05) is 0 Å². The van der Waals surface area contributed by atoms with Crippen LogP contribution in [0.15, 0.2) is 18.2 Å². The molecule has 154 valence electrons. The molecular formula is C23H36F2O2. The van der Waals surface area contributed by atoms with Crippen molar-refractivity contribution in [3.63, 3.8) is 0 Å². The number of rotatable bonds is 16. The summed E-state index contributed by atoms with van der Waals surface area (Å²) in [6.45, 7) is 2.51. The monoisotopic (exact) mass is 382 g/mol. The molecule has 0 bridgehead atoms. The number of benzene rings is 1. The van der Waals surface area contributed by atoms with Gasteiger partial charge in [0.2, 0.25) is 0 Å². The molecule has 1 aromatic rings. The van der Waals surface area contributed by atoms with E-state index in [2.05, 4.69) is 6.92 Å². The van der Waals surface area contributed by atoms with Crippen LogP contribution in [-0.2, 0) is 4.74 Å². The number of ether oxygens (including phenoxy) is 1. The van der Waals surface area contributed by atoms with Gasteiger partial charge in [0.25, 0.3) is 0 Å². The molecule has 4 heteroatoms. The molecule has 0 atom stereocenters. The van der Waals surface area contributed by atoms with Crippen molar-refractivity contribution in [3.8, 4) is 0 Å². The molecule has 0 fully saturated rings. The minimum Gasteiger partial charge on any atom is -0.462 e. The predicted molar refractivity (Wildman–Crippen MR) is 107 cm³/mol. The van der Waals surface area contributed by atoms with Crippen molar-refractivity contribution in [3.05, 3.63) is 35.4 Å². The number of esters is 1. The van der Waals surface area contributed by atoms with E-state index in [-0.39, 0.29) is 12.2 Å². The zero-order chi connectivity index (χ0) is 19.7. The molecule has 0 radical (unpaired) electrons. The van der Waals surface area contributed by atoms with Crippen LogP contribution in [0, 0.1) is 11.6 Å². The average molecular weight is 383 g/mol. The molecule has 0 unspecified atom stereocenters. The predicted octanol–water partition coefficient (Wildman–Crippen LogP) is 7.60. The van der Waals surface area contributed by atoms with Crippen molar-refractivity contribution in [2.45, 2.75) is 96.8 Å². The molecule has 0 N–H and O–H groups in total. The minimum atomic E-state index is -0.790. The Morgan fingerprint density at radius 2 is 1.26 bits per heavy atom. The summed E-state index contributed by atoms with van der Waals surface area (Å²) in [6.07, 6.45) is 17.6. The van der Waals surface area contributed by atoms with E-state index in [9.17, 15) is 13.6 Å². The molecule has 0 heterocycles. The summed E-state index contributed by atoms with van der Waals surface area (Å²) in [6, 6.07) is 2.81. The molecule has 1 aromatic carbocycles. The fourth-order valence-electron chi connectivity index (χ4n) is 3.19. The van der Waals surface area contributed by atoms with E-state index in [4.69, 9.17) is 4.74 Å². The van der Waals surface area contributed by atoms with Crippen molar-refractivity contribution >= 4 is 5.97 Å². The smallest absolute Gasteiger partial charge is 0.341 e. The number of hydrogen-bond donors (Lipinski definition) is 0. The van der Waals surface area contributed by atoms with Gasteiger partial charge >= 0.3 is 5.97 Å². The van der Waals surface area contributed by atoms with Gasteiger partial charge in [0.1, 0.15) is 11.6 Å². The lowest BCUT2D eigenvalue weighted by Gasteiger charge is -2.06. The van der Waals surface area contributed by atoms with Crippen LogP contribution in [-0.4, -0.2) is 12.6 Å². The molecule has 0 aromatic heterocycles. The standard InChI is InChI=1S/C23H36F2O2/c1-2-3-4-5-6-7-8-9-10-11-12-13-14-15-18-27-23(26)21-19-20(24)16-17-22(21)25/h16-17,19H,2-15,18H2,1H3. The van der Waals surface area contributed by atoms with Crippen molar-refractivity contribution in [2.75, 3.05) is 6.61 Å². The van der Waals surface area contributed by atoms with Gasteiger partial charge in [-0.2, -0.15) is 0 Å². The first kappa shape index (κ1) is 23.6. The maximum Gasteiger partial charge on any atom is 0.341 e. The first-order valence-electron chi connectivity index (χ1n) is 10.8. The molecule has 0 saturated carbocycles. The maximum atomic E-state index is 13.4. The highest BCUT2D eigenvalue weighted by atomic mass is 19.1. The molecule has 0 aliphatic rings. The van der Waals surface area contributed by atoms with Gasteiger partial charge in [0, 0.05) is 0 Å². The second-order valence-electron chi connectivity index (χ2n) is 7.36. The lowest BCUT2D eigenvalue weighted by Crippen LogP contribution is -2.09. The third-order valence-corrected chi connectivity index (χ3v) is 4.88. The number of hydrogen-bond acceptors (Lipinski definition) is 2. The minimum absolute atomic E-state index is 0.257. The van der Waals surface area contributed by atoms with Gasteiger partial charge in [-0.1, -0.05) is 90.4 Å². The number of carbonyl (C=O) groups is 1. The van der Waals surface area contributed by atoms with Gasteiger partial charge in [-0.25, -0.2) is 13.6 Å². The molecule has 0 amide bonds. The lowest BCUT2D eigenvalue weighted by molar-refractivity contribution is 0.0491. The normalized spacial score (nSPS) is 10.9. The van der Waals surface area contributed by atoms with Gasteiger partial charge in [0.05, 0.1) is 12.2 Å². The molecular weight excluding hydrogens is 346 g/mol. The summed E-state index contributed by atoms with van der Waals surface area (Å²) in [5.74, 6) is -2.18. The molecule has 1 rings (SSSR count). The molecule has 0 saturated heterocycles. The fourth-order valence-corrected chi connectivity index (χ4v) is 3.19. The zero-order valence-electron chi connectivity index (χ0n) is 16.9. The maximum absolute atomic E-state index is 13.4. The van der Waals surface area contributed by atoms with E-state index < -0.39 is 17.6 Å². The molecule has 2 nitrogen and oxygen atoms in total. The molecule has 0 aliphatic heterocycles. The SMILES string of the molecule is CCCCCCCCCCCCCCCCOC(=O)c1cc(F)ccc1F. The van der Waals surface area contributed by atoms with Crippen LogP contribution in [0.3, 0.4) is 0 Å². The average Bonchev–Trinajstić information content (AvgIpc) is 2.66. The first-order chi connectivity index (χ1) is 13.1. The summed E-state index contributed by atoms with van der Waals surface area (Å²) >= 11 is 0. The van der Waals surface area contributed by atoms with E-state index in [1.54, 1.807) is 0 Å². The molecule has 0 spiro atoms. The van der Waals surface area contributed by atoms with Crippen molar-refractivity contribution in [1.82, 2.24) is 0 Å². The summed E-state index contributed by atoms with van der Waals surface area (Å²) in [5, 5.41) is 0. The summed E-state index contributed by atoms with van der Waals surface area (Å²) in [5.41, 5.74) is -0.333. The van der Waals surface area contributed by atoms with E-state index in [1.165, 1.54) is 70.6 Å². The van der Waals surface area contributed by atoms with E-state index in [0.717, 1.165) is 37.5 Å². The van der Waals surface area contributed by atoms with Gasteiger partial charge in [-0.05, 0) is 24.6 Å². The largest absolute Gasteiger partial charge is 0.462 e. The van der Waals surface area contributed by atoms with E-state index >= 15 is 0 Å². The van der Waals surface area contributed by atoms with Crippen molar-refractivity contribution < 1.29 is 18.3 Å². The van der Waals surface area contributed by atoms with Gasteiger partial charge in [-0.15, -0.1) is 0 Å². The number of carbonyl (C=O) groups excluding carboxylic acids is 1. The Morgan fingerprint density at radius 1 is 0.778 bits per heavy atom. The van der Waals surface area contributed by atoms with Crippen LogP contribution in [0.4, 0.5) is 8.78 Å². The quantitative estimate of drug-likeness (QED) is 0.217. The second kappa shape index (κ2) is 15.6. The Kier molecular flexibility index (Phi) is 13.6. The highest BCUT2D eigenvalue weighted by Gasteiger charge is 2.13. The van der Waals surface area contributed by atoms with Crippen LogP contribution >= 0.6 is 0 Å². The zero-order valence-corrected chi connectivity index (χ0v) is 16.9. The fraction of sp³-hybridized carbons (Fsp3) is 0.696. The van der Waals surface area contributed by atoms with Crippen LogP contribution in [0.25, 0.3) is 0 Å². The number of halogens is 2. The van der Waals surface area contributed by atoms with Crippen molar-refractivity contribution in [1.29, 1.82) is 0 Å². The Morgan fingerprint density at radius 3 is 1.78 bits per heavy atom. The second-order valence-corrected chi connectivity index (χ2v) is 7.36. The Bertz CT molecular complexity index is 517. The summed E-state index contributed by atoms with van der Waals surface area (Å²) < 4.78 is 31.5. The Labute approximate surface area is 163 Å². The van der Waals surface area contributed by atoms with E-state index in [0.29, 0.717) is 0 Å². The highest BCUT2D eigenvalue weighted by Crippen LogP contribution is 2.14. The Balaban J connectivity index is 1.89. The highest BCUT2D eigenvalue weighted by molar-refractivity contribution is 5.89. The molecule has 27 heavy (non-hydrogen) atoms. The topological polar surface area (TPSA) is 26.3 Å².